The summed E-state index contributed by atoms with van der Waals surface area (Å²) in [6.45, 7) is 4.17. The number of nitrogens with two attached hydrogens (primary N) is 1. The number of hydrogen-bond acceptors (Lipinski definition) is 3. The van der Waals surface area contributed by atoms with Gasteiger partial charge < -0.3 is 4.74 Å². The first-order valence-corrected chi connectivity index (χ1v) is 5.66. The van der Waals surface area contributed by atoms with E-state index in [2.05, 4.69) is 19.3 Å². The average molecular weight is 223 g/mol. The largest absolute Gasteiger partial charge is 0.379 e. The predicted octanol–water partition coefficient (Wildman–Crippen LogP) is 2.04. The van der Waals surface area contributed by atoms with Crippen LogP contribution in [-0.4, -0.2) is 24.6 Å². The molecular weight excluding hydrogens is 200 g/mol. The summed E-state index contributed by atoms with van der Waals surface area (Å²) in [7, 11) is 1.74. The highest BCUT2D eigenvalue weighted by Crippen LogP contribution is 2.18. The van der Waals surface area contributed by atoms with Crippen LogP contribution in [-0.2, 0) is 4.74 Å². The van der Waals surface area contributed by atoms with E-state index in [1.54, 1.807) is 7.11 Å². The molecule has 0 aromatic rings. The third kappa shape index (κ3) is 6.60. The number of halogens is 1. The Hall–Kier alpha value is 0.170. The number of rotatable bonds is 8. The van der Waals surface area contributed by atoms with Gasteiger partial charge in [-0.1, -0.05) is 0 Å². The van der Waals surface area contributed by atoms with Gasteiger partial charge in [0.05, 0.1) is 5.60 Å². The van der Waals surface area contributed by atoms with Crippen LogP contribution in [0.25, 0.3) is 0 Å². The fraction of sp³-hybridized carbons (Fsp3) is 1.00. The lowest BCUT2D eigenvalue weighted by molar-refractivity contribution is 0.0115. The van der Waals surface area contributed by atoms with E-state index in [1.165, 1.54) is 0 Å². The summed E-state index contributed by atoms with van der Waals surface area (Å²) in [6, 6.07) is 0.350. The van der Waals surface area contributed by atoms with Crippen LogP contribution in [0.2, 0.25) is 0 Å². The number of hydrazine groups is 1. The smallest absolute Gasteiger partial charge is 0.0623 e. The van der Waals surface area contributed by atoms with Gasteiger partial charge in [-0.05, 0) is 39.5 Å². The van der Waals surface area contributed by atoms with Gasteiger partial charge in [-0.25, -0.2) is 0 Å². The summed E-state index contributed by atoms with van der Waals surface area (Å²) in [6.07, 6.45) is 4.05. The van der Waals surface area contributed by atoms with Crippen molar-refractivity contribution in [2.24, 2.45) is 5.84 Å². The van der Waals surface area contributed by atoms with Gasteiger partial charge in [0.2, 0.25) is 0 Å². The molecule has 0 fully saturated rings. The summed E-state index contributed by atoms with van der Waals surface area (Å²) < 4.78 is 5.34. The number of methoxy groups -OCH3 is 1. The molecule has 0 radical (unpaired) electrons. The second-order valence-corrected chi connectivity index (χ2v) is 4.58. The molecule has 0 aromatic heterocycles. The Bertz CT molecular complexity index is 142. The maximum Gasteiger partial charge on any atom is 0.0623 e. The van der Waals surface area contributed by atoms with Gasteiger partial charge in [0.15, 0.2) is 0 Å². The molecule has 0 saturated carbocycles. The maximum atomic E-state index is 5.63. The number of nitrogens with one attached hydrogen (secondary N) is 1. The molecule has 0 bridgehead atoms. The minimum Gasteiger partial charge on any atom is -0.379 e. The van der Waals surface area contributed by atoms with E-state index in [-0.39, 0.29) is 5.60 Å². The summed E-state index contributed by atoms with van der Waals surface area (Å²) in [5.74, 6) is 6.15. The van der Waals surface area contributed by atoms with Gasteiger partial charge >= 0.3 is 0 Å². The second-order valence-electron chi connectivity index (χ2n) is 4.20. The number of ether oxygens (including phenoxy) is 1. The Kier molecular flexibility index (Phi) is 7.55. The van der Waals surface area contributed by atoms with Crippen molar-refractivity contribution in [3.63, 3.8) is 0 Å². The second kappa shape index (κ2) is 7.46. The van der Waals surface area contributed by atoms with Crippen molar-refractivity contribution in [1.29, 1.82) is 0 Å². The Balaban J connectivity index is 3.71. The molecule has 0 aliphatic rings. The van der Waals surface area contributed by atoms with Gasteiger partial charge in [0.25, 0.3) is 0 Å². The molecule has 0 amide bonds. The molecule has 0 aliphatic heterocycles. The highest BCUT2D eigenvalue weighted by molar-refractivity contribution is 6.17. The molecule has 3 N–H and O–H groups in total. The van der Waals surface area contributed by atoms with Crippen LogP contribution in [0.3, 0.4) is 0 Å². The lowest BCUT2D eigenvalue weighted by atomic mass is 9.97. The topological polar surface area (TPSA) is 47.3 Å². The van der Waals surface area contributed by atoms with Crippen LogP contribution in [0.5, 0.6) is 0 Å². The lowest BCUT2D eigenvalue weighted by Gasteiger charge is -2.25. The lowest BCUT2D eigenvalue weighted by Crippen LogP contribution is -2.37. The minimum absolute atomic E-state index is 0.0595. The zero-order valence-electron chi connectivity index (χ0n) is 9.48. The summed E-state index contributed by atoms with van der Waals surface area (Å²) in [5.41, 5.74) is 2.76. The predicted molar refractivity (Wildman–Crippen MR) is 61.4 cm³/mol. The third-order valence-corrected chi connectivity index (χ3v) is 2.84. The van der Waals surface area contributed by atoms with Crippen LogP contribution in [0.1, 0.15) is 39.5 Å². The van der Waals surface area contributed by atoms with Crippen molar-refractivity contribution in [1.82, 2.24) is 5.43 Å². The van der Waals surface area contributed by atoms with E-state index in [9.17, 15) is 0 Å². The molecule has 0 aliphatic carbocycles. The molecule has 0 saturated heterocycles. The number of alkyl halides is 1. The highest BCUT2D eigenvalue weighted by atomic mass is 35.5. The number of hydrogen-bond donors (Lipinski definition) is 2. The normalized spacial score (nSPS) is 14.4. The molecule has 1 unspecified atom stereocenters. The first kappa shape index (κ1) is 14.2. The average Bonchev–Trinajstić information content (AvgIpc) is 2.18. The molecule has 86 valence electrons. The van der Waals surface area contributed by atoms with Crippen molar-refractivity contribution in [3.05, 3.63) is 0 Å². The monoisotopic (exact) mass is 222 g/mol. The maximum absolute atomic E-state index is 5.63. The summed E-state index contributed by atoms with van der Waals surface area (Å²) in [5, 5.41) is 0. The van der Waals surface area contributed by atoms with Crippen LogP contribution >= 0.6 is 11.6 Å². The summed E-state index contributed by atoms with van der Waals surface area (Å²) >= 11 is 5.63. The van der Waals surface area contributed by atoms with Crippen molar-refractivity contribution < 1.29 is 4.74 Å². The van der Waals surface area contributed by atoms with Gasteiger partial charge in [-0.2, -0.15) is 0 Å². The molecular formula is C10H23ClN2O. The van der Waals surface area contributed by atoms with Crippen LogP contribution in [0.4, 0.5) is 0 Å². The van der Waals surface area contributed by atoms with Crippen LogP contribution < -0.4 is 11.3 Å². The molecule has 0 rings (SSSR count). The van der Waals surface area contributed by atoms with Gasteiger partial charge in [0, 0.05) is 19.0 Å². The molecule has 4 heteroatoms. The fourth-order valence-corrected chi connectivity index (χ4v) is 1.41. The Morgan fingerprint density at radius 1 is 1.43 bits per heavy atom. The first-order chi connectivity index (χ1) is 6.55. The van der Waals surface area contributed by atoms with Gasteiger partial charge in [-0.15, -0.1) is 11.6 Å². The van der Waals surface area contributed by atoms with Crippen molar-refractivity contribution in [2.45, 2.75) is 51.2 Å². The fourth-order valence-electron chi connectivity index (χ4n) is 1.26. The zero-order chi connectivity index (χ0) is 11.0. The highest BCUT2D eigenvalue weighted by Gasteiger charge is 2.18. The van der Waals surface area contributed by atoms with E-state index in [0.29, 0.717) is 11.9 Å². The summed E-state index contributed by atoms with van der Waals surface area (Å²) in [4.78, 5) is 0. The van der Waals surface area contributed by atoms with E-state index in [4.69, 9.17) is 22.2 Å². The molecule has 3 nitrogen and oxygen atoms in total. The third-order valence-electron chi connectivity index (χ3n) is 2.57. The van der Waals surface area contributed by atoms with Crippen LogP contribution in [0, 0.1) is 0 Å². The molecule has 0 spiro atoms. The van der Waals surface area contributed by atoms with E-state index < -0.39 is 0 Å². The van der Waals surface area contributed by atoms with E-state index in [1.807, 2.05) is 0 Å². The first-order valence-electron chi connectivity index (χ1n) is 5.13. The molecule has 0 heterocycles. The Labute approximate surface area is 92.3 Å². The molecule has 0 aromatic carbocycles. The molecule has 1 atom stereocenters. The quantitative estimate of drug-likeness (QED) is 0.376. The molecule has 14 heavy (non-hydrogen) atoms. The van der Waals surface area contributed by atoms with Crippen molar-refractivity contribution in [2.75, 3.05) is 13.0 Å². The Morgan fingerprint density at radius 2 is 2.07 bits per heavy atom. The van der Waals surface area contributed by atoms with E-state index in [0.717, 1.165) is 25.7 Å². The van der Waals surface area contributed by atoms with E-state index >= 15 is 0 Å². The van der Waals surface area contributed by atoms with Crippen molar-refractivity contribution in [3.8, 4) is 0 Å². The van der Waals surface area contributed by atoms with Gasteiger partial charge in [-0.3, -0.25) is 11.3 Å². The van der Waals surface area contributed by atoms with Crippen molar-refractivity contribution >= 4 is 11.6 Å². The zero-order valence-corrected chi connectivity index (χ0v) is 10.2. The SMILES string of the molecule is COC(C)(C)CCC(CCCCl)NN. The standard InChI is InChI=1S/C10H23ClN2O/c1-10(2,14-3)7-6-9(13-12)5-4-8-11/h9,13H,4-8,12H2,1-3H3. The van der Waals surface area contributed by atoms with Crippen LogP contribution in [0.15, 0.2) is 0 Å². The minimum atomic E-state index is -0.0595. The van der Waals surface area contributed by atoms with Gasteiger partial charge in [0.1, 0.15) is 0 Å². The Morgan fingerprint density at radius 3 is 2.50 bits per heavy atom.